The minimum Gasteiger partial charge on any atom is -0.369 e. The van der Waals surface area contributed by atoms with Crippen molar-refractivity contribution in [2.75, 3.05) is 36.0 Å². The standard InChI is InChI=1S/C21H23F3N6O/c1-13-26-17-12-30(11-16(17)19(27-13)28-6-2-7-28)20(31)14-5-8-29(10-14)15-3-4-18(25-9-15)21(22,23)24/h3-4,9,14H,2,5-8,10-12H2,1H3/t14-/m1/s1. The predicted octanol–water partition coefficient (Wildman–Crippen LogP) is 2.78. The van der Waals surface area contributed by atoms with Gasteiger partial charge in [-0.3, -0.25) is 4.79 Å². The molecule has 0 spiro atoms. The molecule has 1 atom stereocenters. The molecule has 2 fully saturated rings. The van der Waals surface area contributed by atoms with Crippen molar-refractivity contribution in [1.82, 2.24) is 19.9 Å². The lowest BCUT2D eigenvalue weighted by molar-refractivity contribution is -0.141. The Bertz CT molecular complexity index is 1010. The number of rotatable bonds is 3. The highest BCUT2D eigenvalue weighted by Crippen LogP contribution is 2.34. The van der Waals surface area contributed by atoms with Crippen LogP contribution in [0.2, 0.25) is 0 Å². The number of pyridine rings is 1. The van der Waals surface area contributed by atoms with Crippen molar-refractivity contribution in [3.8, 4) is 0 Å². The maximum atomic E-state index is 13.2. The van der Waals surface area contributed by atoms with E-state index < -0.39 is 11.9 Å². The van der Waals surface area contributed by atoms with E-state index in [4.69, 9.17) is 0 Å². The van der Waals surface area contributed by atoms with E-state index in [0.717, 1.165) is 48.5 Å². The van der Waals surface area contributed by atoms with Crippen LogP contribution < -0.4 is 9.80 Å². The summed E-state index contributed by atoms with van der Waals surface area (Å²) in [7, 11) is 0. The fourth-order valence-corrected chi connectivity index (χ4v) is 4.50. The largest absolute Gasteiger partial charge is 0.433 e. The fraction of sp³-hybridized carbons (Fsp3) is 0.524. The van der Waals surface area contributed by atoms with E-state index in [1.807, 2.05) is 16.7 Å². The molecule has 2 aromatic heterocycles. The van der Waals surface area contributed by atoms with Crippen LogP contribution in [0.3, 0.4) is 0 Å². The van der Waals surface area contributed by atoms with Crippen LogP contribution in [0.25, 0.3) is 0 Å². The number of halogens is 3. The number of alkyl halides is 3. The van der Waals surface area contributed by atoms with E-state index in [1.165, 1.54) is 12.3 Å². The lowest BCUT2D eigenvalue weighted by Crippen LogP contribution is -2.39. The number of hydrogen-bond donors (Lipinski definition) is 0. The van der Waals surface area contributed by atoms with Crippen LogP contribution in [0.5, 0.6) is 0 Å². The third-order valence-electron chi connectivity index (χ3n) is 6.28. The van der Waals surface area contributed by atoms with Crippen molar-refractivity contribution in [1.29, 1.82) is 0 Å². The molecule has 164 valence electrons. The summed E-state index contributed by atoms with van der Waals surface area (Å²) in [5.41, 5.74) is 1.66. The van der Waals surface area contributed by atoms with Gasteiger partial charge in [0.15, 0.2) is 0 Å². The van der Waals surface area contributed by atoms with Crippen molar-refractivity contribution in [3.63, 3.8) is 0 Å². The zero-order valence-corrected chi connectivity index (χ0v) is 17.2. The van der Waals surface area contributed by atoms with Gasteiger partial charge >= 0.3 is 6.18 Å². The van der Waals surface area contributed by atoms with Gasteiger partial charge in [0.25, 0.3) is 0 Å². The molecule has 7 nitrogen and oxygen atoms in total. The van der Waals surface area contributed by atoms with Gasteiger partial charge in [-0.15, -0.1) is 0 Å². The minimum absolute atomic E-state index is 0.0626. The molecule has 0 bridgehead atoms. The van der Waals surface area contributed by atoms with Crippen LogP contribution in [0.1, 0.15) is 35.6 Å². The SMILES string of the molecule is Cc1nc2c(c(N3CCC3)n1)CN(C(=O)[C@@H]1CCN(c3ccc(C(F)(F)F)nc3)C1)C2. The molecule has 0 aromatic carbocycles. The first kappa shape index (κ1) is 20.0. The molecular formula is C21H23F3N6O. The molecule has 10 heteroatoms. The number of carbonyl (C=O) groups excluding carboxylic acids is 1. The lowest BCUT2D eigenvalue weighted by Gasteiger charge is -2.33. The number of hydrogen-bond acceptors (Lipinski definition) is 6. The number of amides is 1. The van der Waals surface area contributed by atoms with Crippen molar-refractivity contribution < 1.29 is 18.0 Å². The molecular weight excluding hydrogens is 409 g/mol. The monoisotopic (exact) mass is 432 g/mol. The summed E-state index contributed by atoms with van der Waals surface area (Å²) in [6.07, 6.45) is -1.41. The first-order valence-corrected chi connectivity index (χ1v) is 10.5. The number of fused-ring (bicyclic) bond motifs is 1. The highest BCUT2D eigenvalue weighted by molar-refractivity contribution is 5.81. The van der Waals surface area contributed by atoms with Gasteiger partial charge in [-0.25, -0.2) is 15.0 Å². The van der Waals surface area contributed by atoms with Crippen molar-refractivity contribution >= 4 is 17.4 Å². The maximum Gasteiger partial charge on any atom is 0.433 e. The first-order chi connectivity index (χ1) is 14.8. The second-order valence-corrected chi connectivity index (χ2v) is 8.39. The molecule has 0 aliphatic carbocycles. The van der Waals surface area contributed by atoms with Crippen LogP contribution in [-0.2, 0) is 24.1 Å². The molecule has 0 saturated carbocycles. The molecule has 0 N–H and O–H groups in total. The van der Waals surface area contributed by atoms with E-state index in [-0.39, 0.29) is 11.8 Å². The molecule has 3 aliphatic heterocycles. The molecule has 1 amide bonds. The quantitative estimate of drug-likeness (QED) is 0.743. The Morgan fingerprint density at radius 2 is 1.90 bits per heavy atom. The molecule has 31 heavy (non-hydrogen) atoms. The van der Waals surface area contributed by atoms with Crippen molar-refractivity contribution in [2.24, 2.45) is 5.92 Å². The zero-order chi connectivity index (χ0) is 21.8. The molecule has 2 saturated heterocycles. The number of anilines is 2. The number of aromatic nitrogens is 3. The Morgan fingerprint density at radius 1 is 1.10 bits per heavy atom. The second kappa shape index (κ2) is 7.35. The summed E-state index contributed by atoms with van der Waals surface area (Å²) >= 11 is 0. The fourth-order valence-electron chi connectivity index (χ4n) is 4.50. The van der Waals surface area contributed by atoms with E-state index in [2.05, 4.69) is 19.9 Å². The van der Waals surface area contributed by atoms with E-state index in [0.29, 0.717) is 38.3 Å². The average Bonchev–Trinajstić information content (AvgIpc) is 3.33. The normalized spacial score (nSPS) is 20.8. The minimum atomic E-state index is -4.46. The predicted molar refractivity (Wildman–Crippen MR) is 107 cm³/mol. The van der Waals surface area contributed by atoms with Gasteiger partial charge in [0.2, 0.25) is 5.91 Å². The van der Waals surface area contributed by atoms with E-state index in [9.17, 15) is 18.0 Å². The molecule has 3 aliphatic rings. The van der Waals surface area contributed by atoms with E-state index >= 15 is 0 Å². The Hall–Kier alpha value is -2.91. The van der Waals surface area contributed by atoms with Gasteiger partial charge < -0.3 is 14.7 Å². The summed E-state index contributed by atoms with van der Waals surface area (Å²) in [5, 5.41) is 0. The third-order valence-corrected chi connectivity index (χ3v) is 6.28. The molecule has 0 radical (unpaired) electrons. The number of aryl methyl sites for hydroxylation is 1. The molecule has 2 aromatic rings. The summed E-state index contributed by atoms with van der Waals surface area (Å²) in [4.78, 5) is 31.9. The molecule has 5 rings (SSSR count). The summed E-state index contributed by atoms with van der Waals surface area (Å²) in [5.74, 6) is 1.54. The van der Waals surface area contributed by atoms with Gasteiger partial charge in [0.1, 0.15) is 17.3 Å². The smallest absolute Gasteiger partial charge is 0.369 e. The first-order valence-electron chi connectivity index (χ1n) is 10.5. The lowest BCUT2D eigenvalue weighted by atomic mass is 10.1. The Balaban J connectivity index is 1.26. The second-order valence-electron chi connectivity index (χ2n) is 8.39. The van der Waals surface area contributed by atoms with Crippen molar-refractivity contribution in [3.05, 3.63) is 41.1 Å². The summed E-state index contributed by atoms with van der Waals surface area (Å²) < 4.78 is 38.2. The maximum absolute atomic E-state index is 13.2. The van der Waals surface area contributed by atoms with Gasteiger partial charge in [-0.2, -0.15) is 13.2 Å². The topological polar surface area (TPSA) is 65.5 Å². The van der Waals surface area contributed by atoms with Gasteiger partial charge in [0.05, 0.1) is 36.6 Å². The summed E-state index contributed by atoms with van der Waals surface area (Å²) in [6.45, 7) is 5.92. The third kappa shape index (κ3) is 3.68. The van der Waals surface area contributed by atoms with Gasteiger partial charge in [-0.1, -0.05) is 0 Å². The van der Waals surface area contributed by atoms with Crippen LogP contribution in [0.15, 0.2) is 18.3 Å². The van der Waals surface area contributed by atoms with Crippen LogP contribution >= 0.6 is 0 Å². The van der Waals surface area contributed by atoms with Gasteiger partial charge in [0, 0.05) is 31.7 Å². The Labute approximate surface area is 177 Å². The van der Waals surface area contributed by atoms with Crippen LogP contribution in [0.4, 0.5) is 24.7 Å². The van der Waals surface area contributed by atoms with Gasteiger partial charge in [-0.05, 0) is 31.9 Å². The zero-order valence-electron chi connectivity index (χ0n) is 17.2. The number of nitrogens with zero attached hydrogens (tertiary/aromatic N) is 6. The average molecular weight is 432 g/mol. The van der Waals surface area contributed by atoms with Crippen LogP contribution in [-0.4, -0.2) is 51.9 Å². The Morgan fingerprint density at radius 3 is 2.55 bits per heavy atom. The molecule has 0 unspecified atom stereocenters. The highest BCUT2D eigenvalue weighted by atomic mass is 19.4. The number of carbonyl (C=O) groups is 1. The highest BCUT2D eigenvalue weighted by Gasteiger charge is 2.37. The summed E-state index contributed by atoms with van der Waals surface area (Å²) in [6, 6.07) is 2.41. The van der Waals surface area contributed by atoms with E-state index in [1.54, 1.807) is 0 Å². The van der Waals surface area contributed by atoms with Crippen LogP contribution in [0, 0.1) is 12.8 Å². The Kier molecular flexibility index (Phi) is 4.75. The molecule has 5 heterocycles. The van der Waals surface area contributed by atoms with Crippen molar-refractivity contribution in [2.45, 2.75) is 39.0 Å².